The first kappa shape index (κ1) is 18.4. The summed E-state index contributed by atoms with van der Waals surface area (Å²) in [7, 11) is 1.91. The summed E-state index contributed by atoms with van der Waals surface area (Å²) in [5, 5.41) is 4.13. The van der Waals surface area contributed by atoms with Gasteiger partial charge in [-0.25, -0.2) is 0 Å². The summed E-state index contributed by atoms with van der Waals surface area (Å²) in [6.45, 7) is 2.74. The topological polar surface area (TPSA) is 80.9 Å². The van der Waals surface area contributed by atoms with Crippen LogP contribution in [0, 0.1) is 0 Å². The van der Waals surface area contributed by atoms with Gasteiger partial charge in [-0.2, -0.15) is 4.98 Å². The van der Waals surface area contributed by atoms with Crippen molar-refractivity contribution in [3.8, 4) is 11.5 Å². The van der Waals surface area contributed by atoms with E-state index in [1.807, 2.05) is 30.1 Å². The number of rotatable bonds is 6. The lowest BCUT2D eigenvalue weighted by atomic mass is 10.0. The second-order valence-corrected chi connectivity index (χ2v) is 8.22. The molecule has 3 aliphatic rings. The molecule has 8 nitrogen and oxygen atoms in total. The number of piperidine rings is 1. The van der Waals surface area contributed by atoms with Crippen LogP contribution in [-0.2, 0) is 17.8 Å². The zero-order chi connectivity index (χ0) is 19.8. The first-order chi connectivity index (χ1) is 14.2. The number of carbonyl (C=O) groups is 1. The number of amides is 1. The highest BCUT2D eigenvalue weighted by Crippen LogP contribution is 2.39. The van der Waals surface area contributed by atoms with Crippen molar-refractivity contribution in [2.45, 2.75) is 50.6 Å². The van der Waals surface area contributed by atoms with Crippen LogP contribution in [0.4, 0.5) is 0 Å². The molecule has 1 saturated heterocycles. The molecule has 154 valence electrons. The van der Waals surface area contributed by atoms with Crippen LogP contribution >= 0.6 is 0 Å². The molecule has 0 N–H and O–H groups in total. The van der Waals surface area contributed by atoms with Crippen LogP contribution < -0.4 is 9.47 Å². The zero-order valence-electron chi connectivity index (χ0n) is 16.7. The fourth-order valence-corrected chi connectivity index (χ4v) is 4.07. The van der Waals surface area contributed by atoms with E-state index >= 15 is 0 Å². The van der Waals surface area contributed by atoms with E-state index in [2.05, 4.69) is 15.0 Å². The number of fused-ring (bicyclic) bond motifs is 1. The Bertz CT molecular complexity index is 895. The van der Waals surface area contributed by atoms with E-state index in [9.17, 15) is 4.79 Å². The summed E-state index contributed by atoms with van der Waals surface area (Å²) >= 11 is 0. The summed E-state index contributed by atoms with van der Waals surface area (Å²) < 4.78 is 16.1. The first-order valence-electron chi connectivity index (χ1n) is 10.3. The highest BCUT2D eigenvalue weighted by atomic mass is 16.7. The number of likely N-dealkylation sites (tertiary alicyclic amines) is 1. The lowest BCUT2D eigenvalue weighted by molar-refractivity contribution is -0.132. The van der Waals surface area contributed by atoms with Gasteiger partial charge in [0.05, 0.1) is 13.0 Å². The summed E-state index contributed by atoms with van der Waals surface area (Å²) in [5.41, 5.74) is 0.943. The number of carbonyl (C=O) groups excluding carboxylic acids is 1. The van der Waals surface area contributed by atoms with Gasteiger partial charge in [0.25, 0.3) is 0 Å². The van der Waals surface area contributed by atoms with Crippen LogP contribution in [0.5, 0.6) is 11.5 Å². The SMILES string of the molecule is CN(C(=O)Cc1ccc2c(c1)OCO2)C1CCCN(Cc2noc(C3CC3)n2)C1. The van der Waals surface area contributed by atoms with E-state index in [1.165, 1.54) is 0 Å². The quantitative estimate of drug-likeness (QED) is 0.739. The Labute approximate surface area is 169 Å². The van der Waals surface area contributed by atoms with Crippen LogP contribution in [0.1, 0.15) is 48.9 Å². The molecule has 0 bridgehead atoms. The summed E-state index contributed by atoms with van der Waals surface area (Å²) in [4.78, 5) is 21.6. The number of likely N-dealkylation sites (N-methyl/N-ethyl adjacent to an activating group) is 1. The van der Waals surface area contributed by atoms with Crippen molar-refractivity contribution in [2.75, 3.05) is 26.9 Å². The van der Waals surface area contributed by atoms with E-state index < -0.39 is 0 Å². The van der Waals surface area contributed by atoms with Crippen molar-refractivity contribution >= 4 is 5.91 Å². The van der Waals surface area contributed by atoms with Crippen molar-refractivity contribution in [1.82, 2.24) is 19.9 Å². The van der Waals surface area contributed by atoms with Crippen LogP contribution in [-0.4, -0.2) is 58.8 Å². The molecule has 8 heteroatoms. The third-order valence-corrected chi connectivity index (χ3v) is 5.99. The van der Waals surface area contributed by atoms with E-state index in [0.717, 1.165) is 61.8 Å². The van der Waals surface area contributed by atoms with Gasteiger partial charge in [-0.3, -0.25) is 9.69 Å². The van der Waals surface area contributed by atoms with Gasteiger partial charge in [0.1, 0.15) is 0 Å². The van der Waals surface area contributed by atoms with Crippen molar-refractivity contribution in [3.63, 3.8) is 0 Å². The molecule has 1 aromatic carbocycles. The smallest absolute Gasteiger partial charge is 0.231 e. The number of aromatic nitrogens is 2. The normalized spacial score (nSPS) is 21.3. The van der Waals surface area contributed by atoms with Gasteiger partial charge in [-0.15, -0.1) is 0 Å². The number of hydrogen-bond donors (Lipinski definition) is 0. The lowest BCUT2D eigenvalue weighted by Crippen LogP contribution is -2.48. The number of ether oxygens (including phenoxy) is 2. The minimum atomic E-state index is 0.117. The lowest BCUT2D eigenvalue weighted by Gasteiger charge is -2.37. The molecule has 2 aromatic rings. The molecule has 1 atom stereocenters. The van der Waals surface area contributed by atoms with Crippen LogP contribution in [0.15, 0.2) is 22.7 Å². The molecule has 1 aromatic heterocycles. The molecule has 1 aliphatic carbocycles. The van der Waals surface area contributed by atoms with E-state index in [0.29, 0.717) is 24.6 Å². The Hall–Kier alpha value is -2.61. The highest BCUT2D eigenvalue weighted by molar-refractivity contribution is 5.79. The summed E-state index contributed by atoms with van der Waals surface area (Å²) in [6.07, 6.45) is 4.74. The standard InChI is InChI=1S/C21H26N4O4/c1-24(20(26)10-14-4-7-17-18(9-14)28-13-27-17)16-3-2-8-25(11-16)12-19-22-21(29-23-19)15-5-6-15/h4,7,9,15-16H,2-3,5-6,8,10-13H2,1H3. The van der Waals surface area contributed by atoms with Crippen LogP contribution in [0.2, 0.25) is 0 Å². The van der Waals surface area contributed by atoms with Gasteiger partial charge in [0.2, 0.25) is 18.6 Å². The summed E-state index contributed by atoms with van der Waals surface area (Å²) in [6, 6.07) is 5.89. The first-order valence-corrected chi connectivity index (χ1v) is 10.3. The number of nitrogens with zero attached hydrogens (tertiary/aromatic N) is 4. The Morgan fingerprint density at radius 2 is 2.10 bits per heavy atom. The predicted octanol–water partition coefficient (Wildman–Crippen LogP) is 2.34. The Morgan fingerprint density at radius 1 is 1.24 bits per heavy atom. The Morgan fingerprint density at radius 3 is 2.97 bits per heavy atom. The van der Waals surface area contributed by atoms with Gasteiger partial charge in [-0.05, 0) is 49.9 Å². The highest BCUT2D eigenvalue weighted by Gasteiger charge is 2.31. The molecule has 3 heterocycles. The van der Waals surface area contributed by atoms with Gasteiger partial charge in [0, 0.05) is 25.6 Å². The fourth-order valence-electron chi connectivity index (χ4n) is 4.07. The van der Waals surface area contributed by atoms with Crippen LogP contribution in [0.3, 0.4) is 0 Å². The molecule has 1 amide bonds. The van der Waals surface area contributed by atoms with Gasteiger partial charge < -0.3 is 18.9 Å². The fraction of sp³-hybridized carbons (Fsp3) is 0.571. The maximum atomic E-state index is 12.9. The molecule has 5 rings (SSSR count). The molecular formula is C21H26N4O4. The Kier molecular flexibility index (Phi) is 4.87. The number of hydrogen-bond acceptors (Lipinski definition) is 7. The van der Waals surface area contributed by atoms with Crippen LogP contribution in [0.25, 0.3) is 0 Å². The van der Waals surface area contributed by atoms with Crippen molar-refractivity contribution < 1.29 is 18.8 Å². The third kappa shape index (κ3) is 4.07. The zero-order valence-corrected chi connectivity index (χ0v) is 16.7. The van der Waals surface area contributed by atoms with E-state index in [1.54, 1.807) is 0 Å². The molecule has 2 aliphatic heterocycles. The average molecular weight is 398 g/mol. The average Bonchev–Trinajstić information content (AvgIpc) is 3.29. The van der Waals surface area contributed by atoms with Gasteiger partial charge in [-0.1, -0.05) is 11.2 Å². The monoisotopic (exact) mass is 398 g/mol. The molecule has 0 spiro atoms. The maximum Gasteiger partial charge on any atom is 0.231 e. The van der Waals surface area contributed by atoms with Gasteiger partial charge in [0.15, 0.2) is 17.3 Å². The molecule has 0 radical (unpaired) electrons. The maximum absolute atomic E-state index is 12.9. The van der Waals surface area contributed by atoms with E-state index in [4.69, 9.17) is 14.0 Å². The second-order valence-electron chi connectivity index (χ2n) is 8.22. The van der Waals surface area contributed by atoms with Gasteiger partial charge >= 0.3 is 0 Å². The molecule has 2 fully saturated rings. The second kappa shape index (κ2) is 7.67. The minimum absolute atomic E-state index is 0.117. The molecule has 1 saturated carbocycles. The molecule has 29 heavy (non-hydrogen) atoms. The molecule has 1 unspecified atom stereocenters. The van der Waals surface area contributed by atoms with E-state index in [-0.39, 0.29) is 18.7 Å². The van der Waals surface area contributed by atoms with Crippen molar-refractivity contribution in [2.24, 2.45) is 0 Å². The Balaban J connectivity index is 1.17. The molecular weight excluding hydrogens is 372 g/mol. The predicted molar refractivity (Wildman–Crippen MR) is 104 cm³/mol. The largest absolute Gasteiger partial charge is 0.454 e. The minimum Gasteiger partial charge on any atom is -0.454 e. The summed E-state index contributed by atoms with van der Waals surface area (Å²) in [5.74, 6) is 3.58. The third-order valence-electron chi connectivity index (χ3n) is 5.99. The number of benzene rings is 1. The van der Waals surface area contributed by atoms with Crippen molar-refractivity contribution in [1.29, 1.82) is 0 Å². The van der Waals surface area contributed by atoms with Crippen molar-refractivity contribution in [3.05, 3.63) is 35.5 Å².